The van der Waals surface area contributed by atoms with E-state index in [0.717, 1.165) is 38.5 Å². The molecule has 0 saturated carbocycles. The van der Waals surface area contributed by atoms with Gasteiger partial charge < -0.3 is 15.4 Å². The molecule has 0 amide bonds. The Bertz CT molecular complexity index is 242. The third-order valence-electron chi connectivity index (χ3n) is 1.88. The molecule has 1 rings (SSSR count). The van der Waals surface area contributed by atoms with Crippen molar-refractivity contribution in [1.29, 1.82) is 0 Å². The average Bonchev–Trinajstić information content (AvgIpc) is 2.29. The summed E-state index contributed by atoms with van der Waals surface area (Å²) in [7, 11) is 1.70. The Morgan fingerprint density at radius 1 is 1.20 bits per heavy atom. The van der Waals surface area contributed by atoms with Crippen molar-refractivity contribution in [3.05, 3.63) is 24.3 Å². The minimum Gasteiger partial charge on any atom is -0.383 e. The van der Waals surface area contributed by atoms with E-state index in [1.54, 1.807) is 25.7 Å². The maximum Gasteiger partial charge on any atom is 0.0724 e. The number of aromatic nitrogens is 2. The Labute approximate surface area is 90.3 Å². The fourth-order valence-corrected chi connectivity index (χ4v) is 1.11. The van der Waals surface area contributed by atoms with Crippen molar-refractivity contribution < 1.29 is 4.74 Å². The predicted molar refractivity (Wildman–Crippen MR) is 58.5 cm³/mol. The summed E-state index contributed by atoms with van der Waals surface area (Å²) in [6.07, 6.45) is 5.15. The first-order valence-corrected chi connectivity index (χ1v) is 5.08. The molecule has 0 atom stereocenters. The van der Waals surface area contributed by atoms with Gasteiger partial charge in [0.25, 0.3) is 0 Å². The SMILES string of the molecule is COCCNCCNCc1cnccn1. The van der Waals surface area contributed by atoms with Gasteiger partial charge in [0.2, 0.25) is 0 Å². The normalized spacial score (nSPS) is 10.5. The summed E-state index contributed by atoms with van der Waals surface area (Å²) in [5, 5.41) is 6.52. The van der Waals surface area contributed by atoms with E-state index in [1.165, 1.54) is 0 Å². The van der Waals surface area contributed by atoms with E-state index in [1.807, 2.05) is 0 Å². The molecule has 0 saturated heterocycles. The van der Waals surface area contributed by atoms with E-state index in [0.29, 0.717) is 0 Å². The Hall–Kier alpha value is -1.04. The second-order valence-corrected chi connectivity index (χ2v) is 3.12. The average molecular weight is 210 g/mol. The molecule has 0 aromatic carbocycles. The van der Waals surface area contributed by atoms with Gasteiger partial charge in [-0.3, -0.25) is 9.97 Å². The molecule has 1 heterocycles. The Balaban J connectivity index is 1.93. The van der Waals surface area contributed by atoms with E-state index >= 15 is 0 Å². The molecule has 0 aliphatic rings. The third-order valence-corrected chi connectivity index (χ3v) is 1.88. The van der Waals surface area contributed by atoms with Gasteiger partial charge in [-0.2, -0.15) is 0 Å². The van der Waals surface area contributed by atoms with Crippen LogP contribution in [0.3, 0.4) is 0 Å². The number of hydrogen-bond acceptors (Lipinski definition) is 5. The van der Waals surface area contributed by atoms with Crippen LogP contribution in [-0.2, 0) is 11.3 Å². The zero-order valence-corrected chi connectivity index (χ0v) is 9.07. The quantitative estimate of drug-likeness (QED) is 0.582. The lowest BCUT2D eigenvalue weighted by Crippen LogP contribution is -2.29. The highest BCUT2D eigenvalue weighted by Gasteiger charge is 1.92. The largest absolute Gasteiger partial charge is 0.383 e. The van der Waals surface area contributed by atoms with E-state index in [2.05, 4.69) is 20.6 Å². The highest BCUT2D eigenvalue weighted by molar-refractivity contribution is 4.93. The summed E-state index contributed by atoms with van der Waals surface area (Å²) >= 11 is 0. The summed E-state index contributed by atoms with van der Waals surface area (Å²) in [6.45, 7) is 4.26. The van der Waals surface area contributed by atoms with Crippen molar-refractivity contribution in [3.63, 3.8) is 0 Å². The lowest BCUT2D eigenvalue weighted by atomic mass is 10.4. The molecule has 0 aliphatic carbocycles. The van der Waals surface area contributed by atoms with E-state index in [4.69, 9.17) is 4.74 Å². The minimum atomic E-state index is 0.754. The van der Waals surface area contributed by atoms with Crippen LogP contribution in [0.5, 0.6) is 0 Å². The van der Waals surface area contributed by atoms with E-state index in [-0.39, 0.29) is 0 Å². The van der Waals surface area contributed by atoms with Crippen molar-refractivity contribution >= 4 is 0 Å². The molecular formula is C10H18N4O. The molecule has 5 heteroatoms. The highest BCUT2D eigenvalue weighted by atomic mass is 16.5. The molecule has 15 heavy (non-hydrogen) atoms. The Morgan fingerprint density at radius 3 is 2.80 bits per heavy atom. The zero-order chi connectivity index (χ0) is 10.8. The van der Waals surface area contributed by atoms with Crippen molar-refractivity contribution in [2.45, 2.75) is 6.54 Å². The van der Waals surface area contributed by atoms with Gasteiger partial charge in [-0.1, -0.05) is 0 Å². The van der Waals surface area contributed by atoms with Crippen LogP contribution in [0.2, 0.25) is 0 Å². The second kappa shape index (κ2) is 8.28. The number of ether oxygens (including phenoxy) is 1. The van der Waals surface area contributed by atoms with Crippen LogP contribution in [-0.4, -0.2) is 43.3 Å². The first-order valence-electron chi connectivity index (χ1n) is 5.08. The highest BCUT2D eigenvalue weighted by Crippen LogP contribution is 1.87. The van der Waals surface area contributed by atoms with Gasteiger partial charge in [0.1, 0.15) is 0 Å². The van der Waals surface area contributed by atoms with Crippen molar-refractivity contribution in [1.82, 2.24) is 20.6 Å². The summed E-state index contributed by atoms with van der Waals surface area (Å²) in [4.78, 5) is 8.15. The molecule has 0 bridgehead atoms. The minimum absolute atomic E-state index is 0.754. The third kappa shape index (κ3) is 6.11. The first-order chi connectivity index (χ1) is 7.43. The first kappa shape index (κ1) is 12.0. The van der Waals surface area contributed by atoms with Crippen molar-refractivity contribution in [3.8, 4) is 0 Å². The predicted octanol–water partition coefficient (Wildman–Crippen LogP) is -0.198. The molecular weight excluding hydrogens is 192 g/mol. The molecule has 0 radical (unpaired) electrons. The second-order valence-electron chi connectivity index (χ2n) is 3.12. The van der Waals surface area contributed by atoms with Crippen LogP contribution in [0, 0.1) is 0 Å². The molecule has 0 unspecified atom stereocenters. The molecule has 5 nitrogen and oxygen atoms in total. The molecule has 0 spiro atoms. The topological polar surface area (TPSA) is 59.1 Å². The van der Waals surface area contributed by atoms with Crippen LogP contribution in [0.4, 0.5) is 0 Å². The van der Waals surface area contributed by atoms with Gasteiger partial charge >= 0.3 is 0 Å². The molecule has 2 N–H and O–H groups in total. The van der Waals surface area contributed by atoms with Crippen LogP contribution in [0.25, 0.3) is 0 Å². The van der Waals surface area contributed by atoms with Gasteiger partial charge in [-0.25, -0.2) is 0 Å². The number of nitrogens with one attached hydrogen (secondary N) is 2. The van der Waals surface area contributed by atoms with Crippen LogP contribution in [0.1, 0.15) is 5.69 Å². The van der Waals surface area contributed by atoms with Gasteiger partial charge in [-0.15, -0.1) is 0 Å². The number of nitrogens with zero attached hydrogens (tertiary/aromatic N) is 2. The van der Waals surface area contributed by atoms with Gasteiger partial charge in [-0.05, 0) is 0 Å². The van der Waals surface area contributed by atoms with E-state index in [9.17, 15) is 0 Å². The summed E-state index contributed by atoms with van der Waals surface area (Å²) in [5.74, 6) is 0. The van der Waals surface area contributed by atoms with Crippen molar-refractivity contribution in [2.24, 2.45) is 0 Å². The summed E-state index contributed by atoms with van der Waals surface area (Å²) in [5.41, 5.74) is 0.967. The van der Waals surface area contributed by atoms with Gasteiger partial charge in [0, 0.05) is 51.9 Å². The number of methoxy groups -OCH3 is 1. The molecule has 84 valence electrons. The molecule has 1 aromatic rings. The zero-order valence-electron chi connectivity index (χ0n) is 9.07. The Kier molecular flexibility index (Phi) is 6.64. The maximum atomic E-state index is 4.92. The van der Waals surface area contributed by atoms with Crippen LogP contribution in [0.15, 0.2) is 18.6 Å². The Morgan fingerprint density at radius 2 is 2.07 bits per heavy atom. The van der Waals surface area contributed by atoms with Gasteiger partial charge in [0.15, 0.2) is 0 Å². The molecule has 1 aromatic heterocycles. The molecule has 0 fully saturated rings. The fraction of sp³-hybridized carbons (Fsp3) is 0.600. The molecule has 0 aliphatic heterocycles. The monoisotopic (exact) mass is 210 g/mol. The van der Waals surface area contributed by atoms with Crippen LogP contribution >= 0.6 is 0 Å². The lowest BCUT2D eigenvalue weighted by Gasteiger charge is -2.05. The van der Waals surface area contributed by atoms with Crippen molar-refractivity contribution in [2.75, 3.05) is 33.4 Å². The number of hydrogen-bond donors (Lipinski definition) is 2. The standard InChI is InChI=1S/C10H18N4O/c1-15-7-6-11-2-3-12-8-10-9-13-4-5-14-10/h4-5,9,11-12H,2-3,6-8H2,1H3. The summed E-state index contributed by atoms with van der Waals surface area (Å²) < 4.78 is 4.92. The summed E-state index contributed by atoms with van der Waals surface area (Å²) in [6, 6.07) is 0. The smallest absolute Gasteiger partial charge is 0.0724 e. The number of rotatable bonds is 8. The van der Waals surface area contributed by atoms with Crippen LogP contribution < -0.4 is 10.6 Å². The maximum absolute atomic E-state index is 4.92. The fourth-order valence-electron chi connectivity index (χ4n) is 1.11. The van der Waals surface area contributed by atoms with E-state index < -0.39 is 0 Å². The van der Waals surface area contributed by atoms with Gasteiger partial charge in [0.05, 0.1) is 12.3 Å². The lowest BCUT2D eigenvalue weighted by molar-refractivity contribution is 0.199.